The normalized spacial score (nSPS) is 10.8. The summed E-state index contributed by atoms with van der Waals surface area (Å²) < 4.78 is 4.93. The van der Waals surface area contributed by atoms with Gasteiger partial charge >= 0.3 is 5.63 Å². The molecule has 0 saturated carbocycles. The number of fused-ring (bicyclic) bond motifs is 1. The maximum absolute atomic E-state index is 11.9. The minimum Gasteiger partial charge on any atom is -0.417 e. The zero-order valence-corrected chi connectivity index (χ0v) is 11.6. The quantitative estimate of drug-likeness (QED) is 0.686. The van der Waals surface area contributed by atoms with Crippen molar-refractivity contribution in [3.63, 3.8) is 0 Å². The molecular weight excluding hydrogens is 276 g/mol. The minimum atomic E-state index is -0.772. The van der Waals surface area contributed by atoms with Crippen LogP contribution in [-0.4, -0.2) is 17.4 Å². The van der Waals surface area contributed by atoms with E-state index in [9.17, 15) is 19.7 Å². The Morgan fingerprint density at radius 2 is 2.10 bits per heavy atom. The van der Waals surface area contributed by atoms with E-state index in [1.54, 1.807) is 0 Å². The lowest BCUT2D eigenvalue weighted by atomic mass is 10.1. The van der Waals surface area contributed by atoms with E-state index in [0.717, 1.165) is 6.07 Å². The topological polar surface area (TPSA) is 102 Å². The molecule has 2 aromatic rings. The first-order valence-electron chi connectivity index (χ1n) is 6.39. The number of carbonyl (C=O) groups excluding carboxylic acids is 1. The van der Waals surface area contributed by atoms with Crippen molar-refractivity contribution in [3.8, 4) is 0 Å². The predicted molar refractivity (Wildman–Crippen MR) is 76.3 cm³/mol. The van der Waals surface area contributed by atoms with E-state index in [2.05, 4.69) is 5.32 Å². The van der Waals surface area contributed by atoms with Gasteiger partial charge in [0.25, 0.3) is 11.6 Å². The summed E-state index contributed by atoms with van der Waals surface area (Å²) in [6.07, 6.45) is 0. The summed E-state index contributed by atoms with van der Waals surface area (Å²) in [5.74, 6) is -0.327. The van der Waals surface area contributed by atoms with Crippen molar-refractivity contribution in [3.05, 3.63) is 50.6 Å². The van der Waals surface area contributed by atoms with Crippen LogP contribution in [0.5, 0.6) is 0 Å². The molecule has 0 saturated heterocycles. The third-order valence-corrected chi connectivity index (χ3v) is 2.85. The fourth-order valence-corrected chi connectivity index (χ4v) is 1.78. The van der Waals surface area contributed by atoms with Gasteiger partial charge < -0.3 is 9.73 Å². The van der Waals surface area contributed by atoms with E-state index >= 15 is 0 Å². The number of nitrogens with one attached hydrogen (secondary N) is 1. The second-order valence-electron chi connectivity index (χ2n) is 5.03. The Bertz CT molecular complexity index is 764. The molecule has 7 heteroatoms. The second kappa shape index (κ2) is 5.74. The highest BCUT2D eigenvalue weighted by atomic mass is 16.6. The van der Waals surface area contributed by atoms with Crippen molar-refractivity contribution in [2.75, 3.05) is 6.54 Å². The molecule has 0 fully saturated rings. The lowest BCUT2D eigenvalue weighted by molar-refractivity contribution is -0.384. The Hall–Kier alpha value is -2.70. The van der Waals surface area contributed by atoms with E-state index in [0.29, 0.717) is 11.9 Å². The van der Waals surface area contributed by atoms with Crippen molar-refractivity contribution in [2.45, 2.75) is 13.8 Å². The molecule has 1 aromatic carbocycles. The molecule has 110 valence electrons. The lowest BCUT2D eigenvalue weighted by Crippen LogP contribution is -2.28. The zero-order chi connectivity index (χ0) is 15.6. The first-order chi connectivity index (χ1) is 9.88. The average Bonchev–Trinajstić information content (AvgIpc) is 2.44. The molecule has 21 heavy (non-hydrogen) atoms. The standard InChI is InChI=1S/C14H14N2O5/c1-8(2)7-15-13(17)12-5-9-3-4-10(16(19)20)6-11(9)14(18)21-12/h3-6,8H,7H2,1-2H3,(H,15,17). The highest BCUT2D eigenvalue weighted by Crippen LogP contribution is 2.19. The van der Waals surface area contributed by atoms with Gasteiger partial charge in [-0.2, -0.15) is 0 Å². The fraction of sp³-hybridized carbons (Fsp3) is 0.286. The van der Waals surface area contributed by atoms with Crippen LogP contribution in [0.25, 0.3) is 10.8 Å². The zero-order valence-electron chi connectivity index (χ0n) is 11.6. The Labute approximate surface area is 119 Å². The van der Waals surface area contributed by atoms with Gasteiger partial charge in [0.15, 0.2) is 5.76 Å². The number of amides is 1. The minimum absolute atomic E-state index is 0.0737. The van der Waals surface area contributed by atoms with Gasteiger partial charge in [0, 0.05) is 18.7 Å². The van der Waals surface area contributed by atoms with Crippen molar-refractivity contribution < 1.29 is 14.1 Å². The van der Waals surface area contributed by atoms with Gasteiger partial charge in [0.05, 0.1) is 10.3 Å². The summed E-state index contributed by atoms with van der Waals surface area (Å²) in [6.45, 7) is 4.34. The molecule has 0 aliphatic carbocycles. The number of non-ortho nitro benzene ring substituents is 1. The van der Waals surface area contributed by atoms with Crippen LogP contribution in [0.15, 0.2) is 33.5 Å². The third kappa shape index (κ3) is 3.25. The third-order valence-electron chi connectivity index (χ3n) is 2.85. The molecule has 0 atom stereocenters. The number of carbonyl (C=O) groups is 1. The predicted octanol–water partition coefficient (Wildman–Crippen LogP) is 2.09. The number of nitro groups is 1. The molecule has 2 rings (SSSR count). The van der Waals surface area contributed by atoms with Crippen molar-refractivity contribution in [1.29, 1.82) is 0 Å². The second-order valence-corrected chi connectivity index (χ2v) is 5.03. The number of nitro benzene ring substituents is 1. The smallest absolute Gasteiger partial charge is 0.344 e. The van der Waals surface area contributed by atoms with Crippen LogP contribution in [0, 0.1) is 16.0 Å². The molecular formula is C14H14N2O5. The Kier molecular flexibility index (Phi) is 4.02. The molecule has 0 radical (unpaired) electrons. The lowest BCUT2D eigenvalue weighted by Gasteiger charge is -2.07. The number of nitrogens with zero attached hydrogens (tertiary/aromatic N) is 1. The van der Waals surface area contributed by atoms with Crippen molar-refractivity contribution >= 4 is 22.4 Å². The molecule has 0 unspecified atom stereocenters. The van der Waals surface area contributed by atoms with E-state index in [-0.39, 0.29) is 22.8 Å². The van der Waals surface area contributed by atoms with E-state index in [1.165, 1.54) is 18.2 Å². The SMILES string of the molecule is CC(C)CNC(=O)c1cc2ccc([N+](=O)[O-])cc2c(=O)o1. The van der Waals surface area contributed by atoms with Crippen LogP contribution >= 0.6 is 0 Å². The highest BCUT2D eigenvalue weighted by Gasteiger charge is 2.14. The van der Waals surface area contributed by atoms with Crippen LogP contribution in [-0.2, 0) is 0 Å². The highest BCUT2D eigenvalue weighted by molar-refractivity contribution is 5.95. The van der Waals surface area contributed by atoms with Crippen LogP contribution in [0.3, 0.4) is 0 Å². The van der Waals surface area contributed by atoms with Gasteiger partial charge in [0.2, 0.25) is 0 Å². The van der Waals surface area contributed by atoms with Crippen molar-refractivity contribution in [1.82, 2.24) is 5.32 Å². The Morgan fingerprint density at radius 3 is 2.71 bits per heavy atom. The van der Waals surface area contributed by atoms with E-state index < -0.39 is 16.5 Å². The van der Waals surface area contributed by atoms with Gasteiger partial charge in [-0.25, -0.2) is 4.79 Å². The van der Waals surface area contributed by atoms with Crippen LogP contribution in [0.2, 0.25) is 0 Å². The molecule has 0 bridgehead atoms. The van der Waals surface area contributed by atoms with Crippen LogP contribution < -0.4 is 10.9 Å². The molecule has 7 nitrogen and oxygen atoms in total. The van der Waals surface area contributed by atoms with E-state index in [1.807, 2.05) is 13.8 Å². The van der Waals surface area contributed by atoms with Crippen molar-refractivity contribution in [2.24, 2.45) is 5.92 Å². The molecule has 1 heterocycles. The fourth-order valence-electron chi connectivity index (χ4n) is 1.78. The van der Waals surface area contributed by atoms with Crippen LogP contribution in [0.1, 0.15) is 24.4 Å². The number of rotatable bonds is 4. The summed E-state index contributed by atoms with van der Waals surface area (Å²) in [5, 5.41) is 13.8. The summed E-state index contributed by atoms with van der Waals surface area (Å²) in [7, 11) is 0. The summed E-state index contributed by atoms with van der Waals surface area (Å²) in [5.41, 5.74) is -0.974. The molecule has 1 N–H and O–H groups in total. The molecule has 1 amide bonds. The maximum atomic E-state index is 11.9. The maximum Gasteiger partial charge on any atom is 0.344 e. The summed E-state index contributed by atoms with van der Waals surface area (Å²) in [6, 6.07) is 5.23. The summed E-state index contributed by atoms with van der Waals surface area (Å²) in [4.78, 5) is 33.8. The van der Waals surface area contributed by atoms with Gasteiger partial charge in [-0.1, -0.05) is 13.8 Å². The van der Waals surface area contributed by atoms with Crippen LogP contribution in [0.4, 0.5) is 5.69 Å². The van der Waals surface area contributed by atoms with Gasteiger partial charge in [0.1, 0.15) is 0 Å². The van der Waals surface area contributed by atoms with Gasteiger partial charge in [-0.15, -0.1) is 0 Å². The Balaban J connectivity index is 2.41. The molecule has 0 spiro atoms. The van der Waals surface area contributed by atoms with Gasteiger partial charge in [-0.05, 0) is 23.4 Å². The first kappa shape index (κ1) is 14.7. The molecule has 0 aliphatic rings. The largest absolute Gasteiger partial charge is 0.417 e. The van der Waals surface area contributed by atoms with E-state index in [4.69, 9.17) is 4.42 Å². The van der Waals surface area contributed by atoms with Gasteiger partial charge in [-0.3, -0.25) is 14.9 Å². The molecule has 0 aliphatic heterocycles. The average molecular weight is 290 g/mol. The monoisotopic (exact) mass is 290 g/mol. The number of hydrogen-bond donors (Lipinski definition) is 1. The first-order valence-corrected chi connectivity index (χ1v) is 6.39. The Morgan fingerprint density at radius 1 is 1.38 bits per heavy atom. The number of benzene rings is 1. The number of hydrogen-bond acceptors (Lipinski definition) is 5. The molecule has 1 aromatic heterocycles. The summed E-state index contributed by atoms with van der Waals surface area (Å²) >= 11 is 0.